The van der Waals surface area contributed by atoms with Crippen molar-refractivity contribution in [1.29, 1.82) is 0 Å². The number of carbonyl (C=O) groups excluding carboxylic acids is 1. The number of nitrogens with one attached hydrogen (secondary N) is 2. The Hall–Kier alpha value is -3.12. The number of ether oxygens (including phenoxy) is 1. The van der Waals surface area contributed by atoms with Crippen LogP contribution in [0.1, 0.15) is 21.6 Å². The Morgan fingerprint density at radius 1 is 1.11 bits per heavy atom. The molecule has 1 heterocycles. The van der Waals surface area contributed by atoms with Crippen molar-refractivity contribution < 1.29 is 9.53 Å². The van der Waals surface area contributed by atoms with Gasteiger partial charge in [0.25, 0.3) is 5.91 Å². The van der Waals surface area contributed by atoms with Crippen molar-refractivity contribution in [3.8, 4) is 5.75 Å². The van der Waals surface area contributed by atoms with Crippen LogP contribution in [-0.2, 0) is 0 Å². The van der Waals surface area contributed by atoms with E-state index in [4.69, 9.17) is 16.3 Å². The number of hydrogen-bond acceptors (Lipinski definition) is 5. The number of amides is 1. The van der Waals surface area contributed by atoms with Crippen LogP contribution in [0.15, 0.2) is 48.8 Å². The molecule has 0 aliphatic carbocycles. The molecule has 6 nitrogen and oxygen atoms in total. The van der Waals surface area contributed by atoms with Crippen molar-refractivity contribution >= 4 is 34.7 Å². The maximum absolute atomic E-state index is 12.3. The van der Waals surface area contributed by atoms with E-state index in [2.05, 4.69) is 20.6 Å². The highest BCUT2D eigenvalue weighted by Gasteiger charge is 2.11. The fourth-order valence-corrected chi connectivity index (χ4v) is 2.98. The van der Waals surface area contributed by atoms with Crippen LogP contribution in [0.5, 0.6) is 5.75 Å². The molecule has 138 valence electrons. The van der Waals surface area contributed by atoms with E-state index in [-0.39, 0.29) is 11.6 Å². The molecule has 27 heavy (non-hydrogen) atoms. The molecule has 0 bridgehead atoms. The molecule has 1 amide bonds. The topological polar surface area (TPSA) is 76.1 Å². The molecule has 0 atom stereocenters. The predicted molar refractivity (Wildman–Crippen MR) is 107 cm³/mol. The van der Waals surface area contributed by atoms with Gasteiger partial charge in [0, 0.05) is 11.8 Å². The second kappa shape index (κ2) is 8.05. The molecule has 1 aromatic heterocycles. The van der Waals surface area contributed by atoms with Crippen LogP contribution >= 0.6 is 11.6 Å². The smallest absolute Gasteiger partial charge is 0.275 e. The van der Waals surface area contributed by atoms with Crippen LogP contribution in [0, 0.1) is 13.8 Å². The van der Waals surface area contributed by atoms with Crippen LogP contribution in [0.3, 0.4) is 0 Å². The first-order valence-electron chi connectivity index (χ1n) is 8.27. The van der Waals surface area contributed by atoms with Gasteiger partial charge in [0.05, 0.1) is 30.2 Å². The standard InChI is InChI=1S/C20H19ClN4O2/c1-12-7-13(2)19(16(21)8-12)25-18-11-22-17(10-23-18)20(26)24-14-5-4-6-15(9-14)27-3/h4-11H,1-3H3,(H,23,25)(H,24,26). The first-order chi connectivity index (χ1) is 13.0. The van der Waals surface area contributed by atoms with Crippen molar-refractivity contribution in [2.75, 3.05) is 17.7 Å². The number of halogens is 1. The molecule has 0 saturated carbocycles. The third-order valence-electron chi connectivity index (χ3n) is 3.90. The fourth-order valence-electron chi connectivity index (χ4n) is 2.61. The largest absolute Gasteiger partial charge is 0.497 e. The quantitative estimate of drug-likeness (QED) is 0.665. The summed E-state index contributed by atoms with van der Waals surface area (Å²) >= 11 is 6.30. The lowest BCUT2D eigenvalue weighted by Crippen LogP contribution is -2.14. The van der Waals surface area contributed by atoms with E-state index in [1.165, 1.54) is 12.4 Å². The van der Waals surface area contributed by atoms with Crippen LogP contribution in [0.4, 0.5) is 17.2 Å². The Bertz CT molecular complexity index is 951. The van der Waals surface area contributed by atoms with Crippen LogP contribution in [-0.4, -0.2) is 23.0 Å². The Morgan fingerprint density at radius 3 is 2.59 bits per heavy atom. The first-order valence-corrected chi connectivity index (χ1v) is 8.65. The van der Waals surface area contributed by atoms with Crippen molar-refractivity contribution in [2.45, 2.75) is 13.8 Å². The molecule has 0 unspecified atom stereocenters. The molecule has 3 rings (SSSR count). The van der Waals surface area contributed by atoms with Crippen molar-refractivity contribution in [3.05, 3.63) is 70.6 Å². The number of anilines is 3. The second-order valence-corrected chi connectivity index (χ2v) is 6.44. The molecule has 0 radical (unpaired) electrons. The fraction of sp³-hybridized carbons (Fsp3) is 0.150. The summed E-state index contributed by atoms with van der Waals surface area (Å²) in [5.41, 5.74) is 3.67. The SMILES string of the molecule is COc1cccc(NC(=O)c2cnc(Nc3c(C)cc(C)cc3Cl)cn2)c1. The van der Waals surface area contributed by atoms with Gasteiger partial charge in [-0.15, -0.1) is 0 Å². The van der Waals surface area contributed by atoms with Crippen LogP contribution < -0.4 is 15.4 Å². The molecular weight excluding hydrogens is 364 g/mol. The lowest BCUT2D eigenvalue weighted by molar-refractivity contribution is 0.102. The lowest BCUT2D eigenvalue weighted by atomic mass is 10.1. The maximum Gasteiger partial charge on any atom is 0.275 e. The van der Waals surface area contributed by atoms with E-state index in [0.717, 1.165) is 16.8 Å². The number of rotatable bonds is 5. The highest BCUT2D eigenvalue weighted by atomic mass is 35.5. The minimum Gasteiger partial charge on any atom is -0.497 e. The molecule has 0 fully saturated rings. The van der Waals surface area contributed by atoms with Gasteiger partial charge in [-0.1, -0.05) is 23.7 Å². The maximum atomic E-state index is 12.3. The monoisotopic (exact) mass is 382 g/mol. The normalized spacial score (nSPS) is 10.4. The van der Waals surface area contributed by atoms with Crippen LogP contribution in [0.2, 0.25) is 5.02 Å². The zero-order valence-corrected chi connectivity index (χ0v) is 16.0. The molecule has 3 aromatic rings. The number of nitrogens with zero attached hydrogens (tertiary/aromatic N) is 2. The number of aryl methyl sites for hydroxylation is 2. The molecule has 2 N–H and O–H groups in total. The number of benzene rings is 2. The van der Waals surface area contributed by atoms with Gasteiger partial charge >= 0.3 is 0 Å². The third-order valence-corrected chi connectivity index (χ3v) is 4.19. The minimum absolute atomic E-state index is 0.204. The zero-order valence-electron chi connectivity index (χ0n) is 15.2. The summed E-state index contributed by atoms with van der Waals surface area (Å²) in [5, 5.41) is 6.51. The summed E-state index contributed by atoms with van der Waals surface area (Å²) in [4.78, 5) is 20.8. The molecule has 2 aromatic carbocycles. The van der Waals surface area contributed by atoms with E-state index in [1.807, 2.05) is 26.0 Å². The highest BCUT2D eigenvalue weighted by molar-refractivity contribution is 6.33. The average Bonchev–Trinajstić information content (AvgIpc) is 2.65. The summed E-state index contributed by atoms with van der Waals surface area (Å²) in [6.45, 7) is 3.95. The Balaban J connectivity index is 1.72. The first kappa shape index (κ1) is 18.7. The van der Waals surface area contributed by atoms with Gasteiger partial charge in [-0.05, 0) is 43.2 Å². The molecule has 0 saturated heterocycles. The van der Waals surface area contributed by atoms with Gasteiger partial charge in [0.15, 0.2) is 0 Å². The Morgan fingerprint density at radius 2 is 1.93 bits per heavy atom. The number of hydrogen-bond donors (Lipinski definition) is 2. The minimum atomic E-state index is -0.355. The second-order valence-electron chi connectivity index (χ2n) is 6.04. The van der Waals surface area contributed by atoms with E-state index in [0.29, 0.717) is 22.3 Å². The predicted octanol–water partition coefficient (Wildman–Crippen LogP) is 4.75. The number of aromatic nitrogens is 2. The third kappa shape index (κ3) is 4.54. The van der Waals surface area contributed by atoms with E-state index < -0.39 is 0 Å². The number of carbonyl (C=O) groups is 1. The number of methoxy groups -OCH3 is 1. The van der Waals surface area contributed by atoms with Gasteiger partial charge < -0.3 is 15.4 Å². The zero-order chi connectivity index (χ0) is 19.4. The summed E-state index contributed by atoms with van der Waals surface area (Å²) in [6, 6.07) is 11.0. The lowest BCUT2D eigenvalue weighted by Gasteiger charge is -2.12. The molecule has 0 aliphatic rings. The summed E-state index contributed by atoms with van der Waals surface area (Å²) in [7, 11) is 1.57. The van der Waals surface area contributed by atoms with Crippen molar-refractivity contribution in [3.63, 3.8) is 0 Å². The van der Waals surface area contributed by atoms with Gasteiger partial charge in [0.1, 0.15) is 17.3 Å². The summed E-state index contributed by atoms with van der Waals surface area (Å²) in [5.74, 6) is 0.803. The highest BCUT2D eigenvalue weighted by Crippen LogP contribution is 2.29. The van der Waals surface area contributed by atoms with E-state index in [1.54, 1.807) is 31.4 Å². The van der Waals surface area contributed by atoms with E-state index >= 15 is 0 Å². The Labute approximate surface area is 162 Å². The van der Waals surface area contributed by atoms with Gasteiger partial charge in [-0.3, -0.25) is 4.79 Å². The Kier molecular flexibility index (Phi) is 5.57. The van der Waals surface area contributed by atoms with Gasteiger partial charge in [-0.25, -0.2) is 9.97 Å². The molecular formula is C20H19ClN4O2. The van der Waals surface area contributed by atoms with Crippen LogP contribution in [0.25, 0.3) is 0 Å². The average molecular weight is 383 g/mol. The molecule has 0 aliphatic heterocycles. The summed E-state index contributed by atoms with van der Waals surface area (Å²) < 4.78 is 5.14. The van der Waals surface area contributed by atoms with Gasteiger partial charge in [-0.2, -0.15) is 0 Å². The van der Waals surface area contributed by atoms with Gasteiger partial charge in [0.2, 0.25) is 0 Å². The van der Waals surface area contributed by atoms with E-state index in [9.17, 15) is 4.79 Å². The molecule has 7 heteroatoms. The van der Waals surface area contributed by atoms with Crippen molar-refractivity contribution in [2.24, 2.45) is 0 Å². The summed E-state index contributed by atoms with van der Waals surface area (Å²) in [6.07, 6.45) is 2.91. The van der Waals surface area contributed by atoms with Crippen molar-refractivity contribution in [1.82, 2.24) is 9.97 Å². The molecule has 0 spiro atoms.